The lowest BCUT2D eigenvalue weighted by Gasteiger charge is -2.13. The lowest BCUT2D eigenvalue weighted by molar-refractivity contribution is -0.192. The van der Waals surface area contributed by atoms with Crippen molar-refractivity contribution < 1.29 is 37.8 Å². The Morgan fingerprint density at radius 3 is 2.21 bits per heavy atom. The molecule has 0 saturated heterocycles. The average molecular weight is 583 g/mol. The Hall–Kier alpha value is -5.13. The highest BCUT2D eigenvalue weighted by atomic mass is 19.4. The van der Waals surface area contributed by atoms with Crippen molar-refractivity contribution in [1.82, 2.24) is 14.5 Å². The number of carboxylic acids is 2. The van der Waals surface area contributed by atoms with E-state index >= 15 is 0 Å². The van der Waals surface area contributed by atoms with E-state index in [9.17, 15) is 27.9 Å². The number of carboxylic acid groups (broad SMARTS) is 2. The van der Waals surface area contributed by atoms with Gasteiger partial charge in [0.1, 0.15) is 5.82 Å². The van der Waals surface area contributed by atoms with Crippen molar-refractivity contribution in [2.45, 2.75) is 26.1 Å². The number of nitrogens with one attached hydrogen (secondary N) is 1. The summed E-state index contributed by atoms with van der Waals surface area (Å²) in [4.78, 5) is 38.9. The summed E-state index contributed by atoms with van der Waals surface area (Å²) in [6.07, 6.45) is -0.112. The molecule has 4 rings (SSSR count). The van der Waals surface area contributed by atoms with E-state index in [1.54, 1.807) is 26.2 Å². The van der Waals surface area contributed by atoms with Crippen molar-refractivity contribution in [3.05, 3.63) is 89.8 Å². The number of imidazole rings is 1. The monoisotopic (exact) mass is 582 g/mol. The van der Waals surface area contributed by atoms with E-state index in [-0.39, 0.29) is 11.6 Å². The Balaban J connectivity index is 0.000000616. The predicted octanol–water partition coefficient (Wildman–Crippen LogP) is 6.60. The number of urea groups is 1. The normalized spacial score (nSPS) is 11.2. The minimum Gasteiger partial charge on any atom is -0.478 e. The number of allylic oxidation sites excluding steroid dienone is 1. The van der Waals surface area contributed by atoms with E-state index < -0.39 is 18.1 Å². The van der Waals surface area contributed by atoms with Gasteiger partial charge in [-0.2, -0.15) is 13.2 Å². The number of halogens is 3. The Bertz CT molecular complexity index is 1610. The number of anilines is 1. The molecule has 42 heavy (non-hydrogen) atoms. The van der Waals surface area contributed by atoms with E-state index in [2.05, 4.69) is 22.9 Å². The molecule has 9 nitrogen and oxygen atoms in total. The smallest absolute Gasteiger partial charge is 0.478 e. The molecule has 1 heterocycles. The number of aromatic carboxylic acids is 1. The summed E-state index contributed by atoms with van der Waals surface area (Å²) >= 11 is 0. The number of carbonyl (C=O) groups is 3. The first kappa shape index (κ1) is 31.4. The van der Waals surface area contributed by atoms with Crippen LogP contribution in [0.3, 0.4) is 0 Å². The average Bonchev–Trinajstić information content (AvgIpc) is 3.28. The molecule has 2 amide bonds. The third-order valence-electron chi connectivity index (χ3n) is 5.94. The molecule has 3 N–H and O–H groups in total. The maximum absolute atomic E-state index is 12.1. The summed E-state index contributed by atoms with van der Waals surface area (Å²) in [5, 5.41) is 19.5. The molecule has 0 saturated carbocycles. The van der Waals surface area contributed by atoms with Crippen LogP contribution in [0.25, 0.3) is 28.2 Å². The van der Waals surface area contributed by atoms with Crippen LogP contribution in [0, 0.1) is 0 Å². The van der Waals surface area contributed by atoms with Gasteiger partial charge in [-0.3, -0.25) is 0 Å². The van der Waals surface area contributed by atoms with E-state index in [1.807, 2.05) is 60.7 Å². The molecule has 3 aromatic carbocycles. The van der Waals surface area contributed by atoms with Crippen LogP contribution in [0.4, 0.5) is 23.7 Å². The number of aromatic nitrogens is 2. The third-order valence-corrected chi connectivity index (χ3v) is 5.94. The number of aliphatic carboxylic acids is 1. The molecule has 220 valence electrons. The molecule has 0 spiro atoms. The number of rotatable bonds is 7. The molecular weight excluding hydrogens is 553 g/mol. The zero-order chi connectivity index (χ0) is 31.0. The molecule has 0 radical (unpaired) electrons. The van der Waals surface area contributed by atoms with Crippen LogP contribution in [-0.4, -0.2) is 62.9 Å². The molecule has 0 aliphatic carbocycles. The fourth-order valence-corrected chi connectivity index (χ4v) is 3.86. The van der Waals surface area contributed by atoms with Crippen molar-refractivity contribution in [2.75, 3.05) is 19.4 Å². The van der Waals surface area contributed by atoms with Crippen LogP contribution in [0.15, 0.2) is 72.8 Å². The summed E-state index contributed by atoms with van der Waals surface area (Å²) in [5.41, 5.74) is 5.32. The standard InChI is InChI=1S/C28H28N4O3.C2HF3O2/c1-4-5-10-26-30-24-16-15-21(29-28(35)31(2)3)17-25(24)32(26)18-19-11-13-20(14-12-19)22-8-6-7-9-23(22)27(33)34;3-2(4,5)1(6)7/h5-17H,4,18H2,1-3H3,(H,29,35)(H,33,34);(H,6,7). The molecular formula is C30H29F3N4O5. The number of fused-ring (bicyclic) bond motifs is 1. The molecule has 0 fully saturated rings. The van der Waals surface area contributed by atoms with Crippen LogP contribution < -0.4 is 5.32 Å². The second kappa shape index (κ2) is 13.5. The summed E-state index contributed by atoms with van der Waals surface area (Å²) < 4.78 is 33.9. The van der Waals surface area contributed by atoms with Gasteiger partial charge in [0.05, 0.1) is 16.6 Å². The van der Waals surface area contributed by atoms with Gasteiger partial charge in [-0.15, -0.1) is 0 Å². The number of amides is 2. The van der Waals surface area contributed by atoms with Crippen LogP contribution >= 0.6 is 0 Å². The molecule has 12 heteroatoms. The minimum absolute atomic E-state index is 0.196. The van der Waals surface area contributed by atoms with E-state index in [0.717, 1.165) is 34.4 Å². The fraction of sp³-hybridized carbons (Fsp3) is 0.200. The van der Waals surface area contributed by atoms with Gasteiger partial charge in [-0.05, 0) is 53.5 Å². The highest BCUT2D eigenvalue weighted by Gasteiger charge is 2.38. The first-order valence-electron chi connectivity index (χ1n) is 12.7. The summed E-state index contributed by atoms with van der Waals surface area (Å²) in [6.45, 7) is 2.65. The van der Waals surface area contributed by atoms with Crippen molar-refractivity contribution >= 4 is 40.8 Å². The Morgan fingerprint density at radius 2 is 1.64 bits per heavy atom. The topological polar surface area (TPSA) is 125 Å². The van der Waals surface area contributed by atoms with Crippen LogP contribution in [0.5, 0.6) is 0 Å². The highest BCUT2D eigenvalue weighted by Crippen LogP contribution is 2.26. The minimum atomic E-state index is -5.08. The highest BCUT2D eigenvalue weighted by molar-refractivity contribution is 5.96. The molecule has 0 atom stereocenters. The van der Waals surface area contributed by atoms with Gasteiger partial charge >= 0.3 is 24.1 Å². The van der Waals surface area contributed by atoms with Crippen LogP contribution in [-0.2, 0) is 11.3 Å². The molecule has 0 aliphatic heterocycles. The number of hydrogen-bond donors (Lipinski definition) is 3. The zero-order valence-corrected chi connectivity index (χ0v) is 23.0. The zero-order valence-electron chi connectivity index (χ0n) is 23.0. The molecule has 0 bridgehead atoms. The molecule has 0 aliphatic rings. The quantitative estimate of drug-likeness (QED) is 0.226. The molecule has 1 aromatic heterocycles. The maximum Gasteiger partial charge on any atom is 0.490 e. The number of carbonyl (C=O) groups excluding carboxylic acids is 1. The SMILES string of the molecule is CCC=Cc1nc2ccc(NC(=O)N(C)C)cc2n1Cc1ccc(-c2ccccc2C(=O)O)cc1.O=C(O)C(F)(F)F. The second-order valence-electron chi connectivity index (χ2n) is 9.25. The Kier molecular flexibility index (Phi) is 10.1. The largest absolute Gasteiger partial charge is 0.490 e. The van der Waals surface area contributed by atoms with Crippen molar-refractivity contribution in [3.8, 4) is 11.1 Å². The number of nitrogens with zero attached hydrogens (tertiary/aromatic N) is 3. The van der Waals surface area contributed by atoms with Gasteiger partial charge in [0.25, 0.3) is 0 Å². The fourth-order valence-electron chi connectivity index (χ4n) is 3.86. The van der Waals surface area contributed by atoms with E-state index in [1.165, 1.54) is 4.90 Å². The lowest BCUT2D eigenvalue weighted by atomic mass is 9.99. The number of alkyl halides is 3. The van der Waals surface area contributed by atoms with Gasteiger partial charge in [-0.25, -0.2) is 19.4 Å². The van der Waals surface area contributed by atoms with E-state index in [4.69, 9.17) is 14.9 Å². The third kappa shape index (κ3) is 7.96. The first-order valence-corrected chi connectivity index (χ1v) is 12.7. The van der Waals surface area contributed by atoms with Gasteiger partial charge < -0.3 is 25.0 Å². The van der Waals surface area contributed by atoms with Crippen molar-refractivity contribution in [2.24, 2.45) is 0 Å². The summed E-state index contributed by atoms with van der Waals surface area (Å²) in [7, 11) is 3.40. The summed E-state index contributed by atoms with van der Waals surface area (Å²) in [6, 6.07) is 20.4. The first-order chi connectivity index (χ1) is 19.8. The van der Waals surface area contributed by atoms with Crippen molar-refractivity contribution in [1.29, 1.82) is 0 Å². The Morgan fingerprint density at radius 1 is 1.00 bits per heavy atom. The molecule has 4 aromatic rings. The van der Waals surface area contributed by atoms with Gasteiger partial charge in [0, 0.05) is 26.3 Å². The predicted molar refractivity (Wildman–Crippen MR) is 153 cm³/mol. The lowest BCUT2D eigenvalue weighted by Crippen LogP contribution is -2.27. The molecule has 0 unspecified atom stereocenters. The Labute approximate surface area is 239 Å². The van der Waals surface area contributed by atoms with Crippen LogP contribution in [0.1, 0.15) is 35.1 Å². The van der Waals surface area contributed by atoms with Crippen LogP contribution in [0.2, 0.25) is 0 Å². The number of hydrogen-bond acceptors (Lipinski definition) is 4. The maximum atomic E-state index is 12.1. The number of benzene rings is 3. The van der Waals surface area contributed by atoms with Gasteiger partial charge in [0.15, 0.2) is 0 Å². The van der Waals surface area contributed by atoms with Gasteiger partial charge in [-0.1, -0.05) is 55.5 Å². The van der Waals surface area contributed by atoms with E-state index in [0.29, 0.717) is 17.8 Å². The van der Waals surface area contributed by atoms with Crippen molar-refractivity contribution in [3.63, 3.8) is 0 Å². The second-order valence-corrected chi connectivity index (χ2v) is 9.25. The summed E-state index contributed by atoms with van der Waals surface area (Å²) in [5.74, 6) is -2.87. The van der Waals surface area contributed by atoms with Gasteiger partial charge in [0.2, 0.25) is 0 Å².